The van der Waals surface area contributed by atoms with Crippen LogP contribution in [0.25, 0.3) is 0 Å². The second kappa shape index (κ2) is 6.75. The third kappa shape index (κ3) is 3.12. The summed E-state index contributed by atoms with van der Waals surface area (Å²) >= 11 is 0. The minimum absolute atomic E-state index is 0.00597. The predicted octanol–water partition coefficient (Wildman–Crippen LogP) is 2.26. The molecule has 0 bridgehead atoms. The molecule has 1 fully saturated rings. The summed E-state index contributed by atoms with van der Waals surface area (Å²) in [6.45, 7) is 5.07. The van der Waals surface area contributed by atoms with E-state index in [0.29, 0.717) is 0 Å². The maximum Gasteiger partial charge on any atom is 0.225 e. The summed E-state index contributed by atoms with van der Waals surface area (Å²) in [7, 11) is 1.66. The quantitative estimate of drug-likeness (QED) is 0.867. The van der Waals surface area contributed by atoms with Crippen LogP contribution in [0.4, 0.5) is 0 Å². The van der Waals surface area contributed by atoms with E-state index < -0.39 is 0 Å². The maximum atomic E-state index is 12.4. The van der Waals surface area contributed by atoms with Crippen molar-refractivity contribution in [3.05, 3.63) is 29.8 Å². The van der Waals surface area contributed by atoms with Crippen LogP contribution in [-0.4, -0.2) is 25.6 Å². The average Bonchev–Trinajstić information content (AvgIpc) is 2.90. The van der Waals surface area contributed by atoms with Crippen LogP contribution in [0.2, 0.25) is 0 Å². The Labute approximate surface area is 120 Å². The average molecular weight is 276 g/mol. The van der Waals surface area contributed by atoms with Gasteiger partial charge >= 0.3 is 0 Å². The zero-order valence-electron chi connectivity index (χ0n) is 12.5. The van der Waals surface area contributed by atoms with Crippen LogP contribution >= 0.6 is 0 Å². The van der Waals surface area contributed by atoms with Crippen molar-refractivity contribution < 1.29 is 9.53 Å². The van der Waals surface area contributed by atoms with Crippen molar-refractivity contribution in [2.45, 2.75) is 38.8 Å². The molecule has 110 valence electrons. The molecule has 0 radical (unpaired) electrons. The Balaban J connectivity index is 2.10. The smallest absolute Gasteiger partial charge is 0.225 e. The van der Waals surface area contributed by atoms with E-state index in [0.717, 1.165) is 30.7 Å². The molecule has 0 aromatic heterocycles. The molecule has 0 spiro atoms. The van der Waals surface area contributed by atoms with E-state index in [1.54, 1.807) is 7.11 Å². The maximum absolute atomic E-state index is 12.4. The number of methoxy groups -OCH3 is 1. The third-order valence-corrected chi connectivity index (χ3v) is 4.10. The predicted molar refractivity (Wildman–Crippen MR) is 79.7 cm³/mol. The number of rotatable bonds is 5. The number of benzene rings is 1. The van der Waals surface area contributed by atoms with Gasteiger partial charge in [-0.05, 0) is 32.4 Å². The van der Waals surface area contributed by atoms with Crippen molar-refractivity contribution in [1.29, 1.82) is 0 Å². The lowest BCUT2D eigenvalue weighted by Crippen LogP contribution is -2.38. The van der Waals surface area contributed by atoms with Gasteiger partial charge in [-0.25, -0.2) is 0 Å². The van der Waals surface area contributed by atoms with Gasteiger partial charge in [0.2, 0.25) is 5.91 Å². The van der Waals surface area contributed by atoms with E-state index in [1.807, 2.05) is 24.3 Å². The Kier molecular flexibility index (Phi) is 5.01. The van der Waals surface area contributed by atoms with Crippen molar-refractivity contribution in [1.82, 2.24) is 10.6 Å². The highest BCUT2D eigenvalue weighted by molar-refractivity contribution is 5.80. The van der Waals surface area contributed by atoms with Gasteiger partial charge in [-0.15, -0.1) is 0 Å². The second-order valence-electron chi connectivity index (χ2n) is 5.35. The van der Waals surface area contributed by atoms with Gasteiger partial charge < -0.3 is 15.4 Å². The molecule has 1 heterocycles. The number of nitrogens with one attached hydrogen (secondary N) is 2. The molecule has 4 heteroatoms. The van der Waals surface area contributed by atoms with Crippen molar-refractivity contribution >= 4 is 5.91 Å². The summed E-state index contributed by atoms with van der Waals surface area (Å²) in [5.74, 6) is 1.04. The first-order valence-electron chi connectivity index (χ1n) is 7.34. The molecule has 3 atom stereocenters. The lowest BCUT2D eigenvalue weighted by Gasteiger charge is -2.23. The molecule has 3 unspecified atom stereocenters. The molecule has 20 heavy (non-hydrogen) atoms. The van der Waals surface area contributed by atoms with Gasteiger partial charge in [0.1, 0.15) is 5.75 Å². The Morgan fingerprint density at radius 1 is 1.50 bits per heavy atom. The molecular weight excluding hydrogens is 252 g/mol. The second-order valence-corrected chi connectivity index (χ2v) is 5.35. The molecule has 1 amide bonds. The van der Waals surface area contributed by atoms with Gasteiger partial charge in [0.15, 0.2) is 0 Å². The van der Waals surface area contributed by atoms with E-state index in [1.165, 1.54) is 0 Å². The van der Waals surface area contributed by atoms with E-state index in [2.05, 4.69) is 24.5 Å². The minimum atomic E-state index is 0.00597. The summed E-state index contributed by atoms with van der Waals surface area (Å²) in [4.78, 5) is 12.4. The highest BCUT2D eigenvalue weighted by Crippen LogP contribution is 2.27. The monoisotopic (exact) mass is 276 g/mol. The van der Waals surface area contributed by atoms with Crippen LogP contribution < -0.4 is 15.4 Å². The van der Waals surface area contributed by atoms with Crippen LogP contribution in [0, 0.1) is 5.92 Å². The number of hydrogen-bond acceptors (Lipinski definition) is 3. The molecule has 2 rings (SSSR count). The van der Waals surface area contributed by atoms with E-state index >= 15 is 0 Å². The molecule has 1 saturated heterocycles. The largest absolute Gasteiger partial charge is 0.496 e. The normalized spacial score (nSPS) is 23.4. The number of carbonyl (C=O) groups is 1. The van der Waals surface area contributed by atoms with Crippen LogP contribution in [0.3, 0.4) is 0 Å². The third-order valence-electron chi connectivity index (χ3n) is 4.10. The Bertz CT molecular complexity index is 462. The molecule has 1 aromatic rings. The standard InChI is InChI=1S/C16H24N2O2/c1-4-14(13-7-5-6-8-15(13)20-3)18-16(19)12-9-10-17-11(12)2/h5-8,11-12,14,17H,4,9-10H2,1-3H3,(H,18,19). The van der Waals surface area contributed by atoms with E-state index in [4.69, 9.17) is 4.74 Å². The first-order chi connectivity index (χ1) is 9.67. The fraction of sp³-hybridized carbons (Fsp3) is 0.562. The van der Waals surface area contributed by atoms with E-state index in [9.17, 15) is 4.79 Å². The van der Waals surface area contributed by atoms with Crippen LogP contribution in [0.5, 0.6) is 5.75 Å². The summed E-state index contributed by atoms with van der Waals surface area (Å²) in [5, 5.41) is 6.49. The molecule has 2 N–H and O–H groups in total. The van der Waals surface area contributed by atoms with Crippen molar-refractivity contribution in [2.75, 3.05) is 13.7 Å². The molecule has 1 aliphatic heterocycles. The molecule has 0 saturated carbocycles. The zero-order chi connectivity index (χ0) is 14.5. The molecule has 0 aliphatic carbocycles. The fourth-order valence-electron chi connectivity index (χ4n) is 2.85. The van der Waals surface area contributed by atoms with Crippen molar-refractivity contribution in [3.63, 3.8) is 0 Å². The molecule has 1 aliphatic rings. The number of hydrogen-bond donors (Lipinski definition) is 2. The summed E-state index contributed by atoms with van der Waals surface area (Å²) in [6.07, 6.45) is 1.76. The Hall–Kier alpha value is -1.55. The summed E-state index contributed by atoms with van der Waals surface area (Å²) in [5.41, 5.74) is 1.05. The van der Waals surface area contributed by atoms with Gasteiger partial charge in [0, 0.05) is 11.6 Å². The molecule has 4 nitrogen and oxygen atoms in total. The van der Waals surface area contributed by atoms with Gasteiger partial charge in [-0.2, -0.15) is 0 Å². The van der Waals surface area contributed by atoms with Crippen LogP contribution in [0.1, 0.15) is 38.3 Å². The zero-order valence-corrected chi connectivity index (χ0v) is 12.5. The lowest BCUT2D eigenvalue weighted by molar-refractivity contribution is -0.125. The Morgan fingerprint density at radius 2 is 2.25 bits per heavy atom. The SMILES string of the molecule is CCC(NC(=O)C1CCNC1C)c1ccccc1OC. The summed E-state index contributed by atoms with van der Waals surface area (Å²) < 4.78 is 5.39. The van der Waals surface area contributed by atoms with Gasteiger partial charge in [0.05, 0.1) is 19.1 Å². The first kappa shape index (κ1) is 14.9. The van der Waals surface area contributed by atoms with Crippen molar-refractivity contribution in [2.24, 2.45) is 5.92 Å². The number of amides is 1. The number of para-hydroxylation sites is 1. The summed E-state index contributed by atoms with van der Waals surface area (Å²) in [6, 6.07) is 8.14. The highest BCUT2D eigenvalue weighted by atomic mass is 16.5. The fourth-order valence-corrected chi connectivity index (χ4v) is 2.85. The van der Waals surface area contributed by atoms with Gasteiger partial charge in [0.25, 0.3) is 0 Å². The Morgan fingerprint density at radius 3 is 2.85 bits per heavy atom. The highest BCUT2D eigenvalue weighted by Gasteiger charge is 2.30. The minimum Gasteiger partial charge on any atom is -0.496 e. The number of ether oxygens (including phenoxy) is 1. The van der Waals surface area contributed by atoms with Gasteiger partial charge in [-0.1, -0.05) is 25.1 Å². The lowest BCUT2D eigenvalue weighted by atomic mass is 9.98. The van der Waals surface area contributed by atoms with Crippen LogP contribution in [-0.2, 0) is 4.79 Å². The first-order valence-corrected chi connectivity index (χ1v) is 7.34. The van der Waals surface area contributed by atoms with Crippen molar-refractivity contribution in [3.8, 4) is 5.75 Å². The molecule has 1 aromatic carbocycles. The van der Waals surface area contributed by atoms with Crippen LogP contribution in [0.15, 0.2) is 24.3 Å². The van der Waals surface area contributed by atoms with E-state index in [-0.39, 0.29) is 23.9 Å². The molecular formula is C16H24N2O2. The topological polar surface area (TPSA) is 50.4 Å². The number of carbonyl (C=O) groups excluding carboxylic acids is 1. The van der Waals surface area contributed by atoms with Gasteiger partial charge in [-0.3, -0.25) is 4.79 Å².